The van der Waals surface area contributed by atoms with Gasteiger partial charge in [0.1, 0.15) is 0 Å². The summed E-state index contributed by atoms with van der Waals surface area (Å²) in [6, 6.07) is 5.05. The first-order valence-corrected chi connectivity index (χ1v) is 6.47. The van der Waals surface area contributed by atoms with Gasteiger partial charge in [0, 0.05) is 13.1 Å². The van der Waals surface area contributed by atoms with Crippen molar-refractivity contribution in [2.45, 2.75) is 31.5 Å². The first-order valence-electron chi connectivity index (χ1n) is 6.47. The van der Waals surface area contributed by atoms with Gasteiger partial charge < -0.3 is 10.0 Å². The van der Waals surface area contributed by atoms with E-state index in [0.29, 0.717) is 31.5 Å². The molecule has 1 fully saturated rings. The smallest absolute Gasteiger partial charge is 0.385 e. The number of nitrogens with zero attached hydrogens (tertiary/aromatic N) is 1. The number of hydrogen-bond donors (Lipinski definition) is 1. The van der Waals surface area contributed by atoms with Crippen LogP contribution >= 0.6 is 0 Å². The molecule has 0 saturated carbocycles. The molecule has 0 aliphatic carbocycles. The van der Waals surface area contributed by atoms with Crippen molar-refractivity contribution in [3.05, 3.63) is 35.4 Å². The van der Waals surface area contributed by atoms with Crippen LogP contribution in [0.3, 0.4) is 0 Å². The Morgan fingerprint density at radius 3 is 2.42 bits per heavy atom. The highest BCUT2D eigenvalue weighted by molar-refractivity contribution is 5.30. The molecule has 106 valence electrons. The van der Waals surface area contributed by atoms with E-state index in [4.69, 9.17) is 0 Å². The zero-order chi connectivity index (χ0) is 14.1. The average Bonchev–Trinajstić information content (AvgIpc) is 2.39. The topological polar surface area (TPSA) is 23.5 Å². The summed E-state index contributed by atoms with van der Waals surface area (Å²) in [5.74, 6) is 0. The minimum absolute atomic E-state index is 0.373. The molecule has 1 N–H and O–H groups in total. The standard InChI is InChI=1S/C14H18F3NO/c1-2-18-8-6-13(19,7-9-18)11-4-3-5-12(10-11)14(15,16)17/h3-5,10,19H,2,6-9H2,1H3. The molecule has 1 aliphatic heterocycles. The Morgan fingerprint density at radius 2 is 1.89 bits per heavy atom. The fourth-order valence-corrected chi connectivity index (χ4v) is 2.51. The fraction of sp³-hybridized carbons (Fsp3) is 0.571. The number of likely N-dealkylation sites (tertiary alicyclic amines) is 1. The minimum atomic E-state index is -4.36. The highest BCUT2D eigenvalue weighted by Crippen LogP contribution is 2.36. The molecular formula is C14H18F3NO. The fourth-order valence-electron chi connectivity index (χ4n) is 2.51. The van der Waals surface area contributed by atoms with E-state index in [1.54, 1.807) is 6.07 Å². The van der Waals surface area contributed by atoms with Crippen molar-refractivity contribution >= 4 is 0 Å². The Hall–Kier alpha value is -1.07. The van der Waals surface area contributed by atoms with Gasteiger partial charge in [0.05, 0.1) is 11.2 Å². The van der Waals surface area contributed by atoms with E-state index < -0.39 is 17.3 Å². The molecule has 0 radical (unpaired) electrons. The monoisotopic (exact) mass is 273 g/mol. The van der Waals surface area contributed by atoms with Gasteiger partial charge in [-0.3, -0.25) is 0 Å². The van der Waals surface area contributed by atoms with Crippen LogP contribution in [0.2, 0.25) is 0 Å². The molecule has 1 aromatic rings. The summed E-state index contributed by atoms with van der Waals surface area (Å²) in [7, 11) is 0. The number of aliphatic hydroxyl groups is 1. The lowest BCUT2D eigenvalue weighted by molar-refractivity contribution is -0.137. The molecule has 1 heterocycles. The van der Waals surface area contributed by atoms with Crippen LogP contribution in [0.1, 0.15) is 30.9 Å². The first kappa shape index (κ1) is 14.3. The number of benzene rings is 1. The number of hydrogen-bond acceptors (Lipinski definition) is 2. The lowest BCUT2D eigenvalue weighted by Gasteiger charge is -2.38. The molecule has 5 heteroatoms. The molecule has 19 heavy (non-hydrogen) atoms. The van der Waals surface area contributed by atoms with Crippen LogP contribution in [0.25, 0.3) is 0 Å². The molecule has 2 rings (SSSR count). The molecule has 0 atom stereocenters. The normalized spacial score (nSPS) is 20.5. The molecule has 0 spiro atoms. The van der Waals surface area contributed by atoms with Crippen LogP contribution in [0.4, 0.5) is 13.2 Å². The van der Waals surface area contributed by atoms with Gasteiger partial charge >= 0.3 is 6.18 Å². The summed E-state index contributed by atoms with van der Waals surface area (Å²) in [5, 5.41) is 10.6. The molecule has 2 nitrogen and oxygen atoms in total. The van der Waals surface area contributed by atoms with Gasteiger partial charge in [0.25, 0.3) is 0 Å². The Bertz CT molecular complexity index is 437. The third-order valence-electron chi connectivity index (χ3n) is 3.86. The molecule has 1 saturated heterocycles. The molecule has 1 aromatic carbocycles. The summed E-state index contributed by atoms with van der Waals surface area (Å²) < 4.78 is 38.1. The number of rotatable bonds is 2. The summed E-state index contributed by atoms with van der Waals surface area (Å²) >= 11 is 0. The Morgan fingerprint density at radius 1 is 1.26 bits per heavy atom. The van der Waals surface area contributed by atoms with Crippen molar-refractivity contribution in [2.24, 2.45) is 0 Å². The lowest BCUT2D eigenvalue weighted by Crippen LogP contribution is -2.42. The van der Waals surface area contributed by atoms with Gasteiger partial charge in [-0.25, -0.2) is 0 Å². The summed E-state index contributed by atoms with van der Waals surface area (Å²) in [6.07, 6.45) is -3.42. The van der Waals surface area contributed by atoms with Crippen molar-refractivity contribution < 1.29 is 18.3 Å². The van der Waals surface area contributed by atoms with E-state index >= 15 is 0 Å². The van der Waals surface area contributed by atoms with Gasteiger partial charge in [-0.05, 0) is 37.1 Å². The van der Waals surface area contributed by atoms with Crippen LogP contribution in [-0.2, 0) is 11.8 Å². The summed E-state index contributed by atoms with van der Waals surface area (Å²) in [4.78, 5) is 2.18. The maximum Gasteiger partial charge on any atom is 0.416 e. The highest BCUT2D eigenvalue weighted by atomic mass is 19.4. The van der Waals surface area contributed by atoms with E-state index in [1.165, 1.54) is 6.07 Å². The zero-order valence-corrected chi connectivity index (χ0v) is 10.9. The minimum Gasteiger partial charge on any atom is -0.385 e. The predicted octanol–water partition coefficient (Wildman–Crippen LogP) is 3.01. The number of halogens is 3. The quantitative estimate of drug-likeness (QED) is 0.895. The highest BCUT2D eigenvalue weighted by Gasteiger charge is 2.36. The van der Waals surface area contributed by atoms with Gasteiger partial charge in [0.15, 0.2) is 0 Å². The summed E-state index contributed by atoms with van der Waals surface area (Å²) in [6.45, 7) is 4.36. The van der Waals surface area contributed by atoms with Gasteiger partial charge in [-0.2, -0.15) is 13.2 Å². The predicted molar refractivity (Wildman–Crippen MR) is 66.7 cm³/mol. The van der Waals surface area contributed by atoms with Crippen LogP contribution in [-0.4, -0.2) is 29.6 Å². The third-order valence-corrected chi connectivity index (χ3v) is 3.86. The lowest BCUT2D eigenvalue weighted by atomic mass is 9.84. The second kappa shape index (κ2) is 5.13. The van der Waals surface area contributed by atoms with Crippen LogP contribution in [0.15, 0.2) is 24.3 Å². The van der Waals surface area contributed by atoms with Crippen molar-refractivity contribution in [3.8, 4) is 0 Å². The molecule has 0 aromatic heterocycles. The van der Waals surface area contributed by atoms with Crippen molar-refractivity contribution in [1.29, 1.82) is 0 Å². The van der Waals surface area contributed by atoms with Crippen LogP contribution < -0.4 is 0 Å². The largest absolute Gasteiger partial charge is 0.416 e. The summed E-state index contributed by atoms with van der Waals surface area (Å²) in [5.41, 5.74) is -1.46. The van der Waals surface area contributed by atoms with E-state index in [2.05, 4.69) is 4.90 Å². The molecular weight excluding hydrogens is 255 g/mol. The van der Waals surface area contributed by atoms with Crippen LogP contribution in [0.5, 0.6) is 0 Å². The average molecular weight is 273 g/mol. The van der Waals surface area contributed by atoms with E-state index in [0.717, 1.165) is 18.7 Å². The molecule has 0 unspecified atom stereocenters. The maximum absolute atomic E-state index is 12.7. The van der Waals surface area contributed by atoms with Gasteiger partial charge in [-0.15, -0.1) is 0 Å². The Kier molecular flexibility index (Phi) is 3.87. The van der Waals surface area contributed by atoms with E-state index in [1.807, 2.05) is 6.92 Å². The van der Waals surface area contributed by atoms with Crippen molar-refractivity contribution in [3.63, 3.8) is 0 Å². The van der Waals surface area contributed by atoms with Crippen molar-refractivity contribution in [1.82, 2.24) is 4.90 Å². The molecule has 0 amide bonds. The number of piperidine rings is 1. The zero-order valence-electron chi connectivity index (χ0n) is 10.9. The molecule has 0 bridgehead atoms. The Balaban J connectivity index is 2.22. The maximum atomic E-state index is 12.7. The van der Waals surface area contributed by atoms with Crippen molar-refractivity contribution in [2.75, 3.05) is 19.6 Å². The SMILES string of the molecule is CCN1CCC(O)(c2cccc(C(F)(F)F)c2)CC1. The first-order chi connectivity index (χ1) is 8.85. The Labute approximate surface area is 110 Å². The third kappa shape index (κ3) is 3.09. The van der Waals surface area contributed by atoms with E-state index in [-0.39, 0.29) is 0 Å². The second-order valence-corrected chi connectivity index (χ2v) is 5.04. The van der Waals surface area contributed by atoms with Gasteiger partial charge in [-0.1, -0.05) is 19.1 Å². The second-order valence-electron chi connectivity index (χ2n) is 5.04. The molecule has 1 aliphatic rings. The van der Waals surface area contributed by atoms with Gasteiger partial charge in [0.2, 0.25) is 0 Å². The van der Waals surface area contributed by atoms with E-state index in [9.17, 15) is 18.3 Å². The van der Waals surface area contributed by atoms with Crippen LogP contribution in [0, 0.1) is 0 Å². The number of alkyl halides is 3.